The Bertz CT molecular complexity index is 840. The molecule has 3 rings (SSSR count). The van der Waals surface area contributed by atoms with Gasteiger partial charge in [-0.1, -0.05) is 36.1 Å². The molecule has 0 saturated carbocycles. The molecule has 1 amide bonds. The molecule has 0 radical (unpaired) electrons. The lowest BCUT2D eigenvalue weighted by Crippen LogP contribution is -2.28. The molecule has 7 heteroatoms. The van der Waals surface area contributed by atoms with Crippen molar-refractivity contribution in [2.45, 2.75) is 6.92 Å². The number of benzene rings is 1. The standard InChI is InChI=1S/C16H11NO3S3/c1-9-4-5-10(15(19)20)7-12(9)17-14(18)13(23-16(17)21)8-11-3-2-6-22-11/h2-8H,1H3,(H,19,20)/b13-8+. The second-order valence-electron chi connectivity index (χ2n) is 4.84. The van der Waals surface area contributed by atoms with Gasteiger partial charge in [-0.05, 0) is 42.1 Å². The van der Waals surface area contributed by atoms with E-state index < -0.39 is 5.97 Å². The molecule has 1 aromatic heterocycles. The third-order valence-corrected chi connectivity index (χ3v) is 5.43. The Morgan fingerprint density at radius 3 is 2.78 bits per heavy atom. The third-order valence-electron chi connectivity index (χ3n) is 3.31. The summed E-state index contributed by atoms with van der Waals surface area (Å²) >= 11 is 8.09. The zero-order chi connectivity index (χ0) is 16.6. The van der Waals surface area contributed by atoms with Crippen LogP contribution in [0.4, 0.5) is 5.69 Å². The summed E-state index contributed by atoms with van der Waals surface area (Å²) in [4.78, 5) is 26.8. The Balaban J connectivity index is 2.01. The number of carbonyl (C=O) groups is 2. The summed E-state index contributed by atoms with van der Waals surface area (Å²) < 4.78 is 0.406. The zero-order valence-corrected chi connectivity index (χ0v) is 14.4. The molecule has 1 aliphatic rings. The average molecular weight is 361 g/mol. The highest BCUT2D eigenvalue weighted by Crippen LogP contribution is 2.38. The molecule has 4 nitrogen and oxygen atoms in total. The fourth-order valence-corrected chi connectivity index (χ4v) is 4.17. The zero-order valence-electron chi connectivity index (χ0n) is 12.0. The van der Waals surface area contributed by atoms with Crippen LogP contribution in [-0.2, 0) is 4.79 Å². The van der Waals surface area contributed by atoms with E-state index in [0.29, 0.717) is 14.9 Å². The molecule has 23 heavy (non-hydrogen) atoms. The van der Waals surface area contributed by atoms with E-state index in [9.17, 15) is 9.59 Å². The van der Waals surface area contributed by atoms with E-state index in [1.54, 1.807) is 12.1 Å². The van der Waals surface area contributed by atoms with E-state index in [-0.39, 0.29) is 11.5 Å². The number of nitrogens with zero attached hydrogens (tertiary/aromatic N) is 1. The lowest BCUT2D eigenvalue weighted by molar-refractivity contribution is -0.113. The lowest BCUT2D eigenvalue weighted by Gasteiger charge is -2.17. The molecule has 0 aliphatic carbocycles. The van der Waals surface area contributed by atoms with Gasteiger partial charge in [0.2, 0.25) is 0 Å². The molecule has 1 aliphatic heterocycles. The maximum Gasteiger partial charge on any atom is 0.335 e. The van der Waals surface area contributed by atoms with Gasteiger partial charge in [0, 0.05) is 4.88 Å². The Kier molecular flexibility index (Phi) is 4.34. The minimum Gasteiger partial charge on any atom is -0.478 e. The number of carbonyl (C=O) groups excluding carboxylic acids is 1. The Hall–Kier alpha value is -1.96. The van der Waals surface area contributed by atoms with Gasteiger partial charge in [0.15, 0.2) is 4.32 Å². The second kappa shape index (κ2) is 6.27. The van der Waals surface area contributed by atoms with Crippen molar-refractivity contribution in [1.82, 2.24) is 0 Å². The molecule has 1 N–H and O–H groups in total. The minimum absolute atomic E-state index is 0.127. The Morgan fingerprint density at radius 1 is 1.35 bits per heavy atom. The van der Waals surface area contributed by atoms with Crippen molar-refractivity contribution < 1.29 is 14.7 Å². The van der Waals surface area contributed by atoms with E-state index in [0.717, 1.165) is 10.4 Å². The predicted octanol–water partition coefficient (Wildman–Crippen LogP) is 4.16. The maximum atomic E-state index is 12.7. The highest BCUT2D eigenvalue weighted by Gasteiger charge is 2.34. The molecule has 1 fully saturated rings. The summed E-state index contributed by atoms with van der Waals surface area (Å²) in [7, 11) is 0. The molecule has 0 bridgehead atoms. The number of thiocarbonyl (C=S) groups is 1. The number of anilines is 1. The molecule has 2 heterocycles. The quantitative estimate of drug-likeness (QED) is 0.657. The van der Waals surface area contributed by atoms with E-state index in [1.807, 2.05) is 24.4 Å². The van der Waals surface area contributed by atoms with Crippen molar-refractivity contribution in [2.24, 2.45) is 0 Å². The van der Waals surface area contributed by atoms with E-state index in [1.165, 1.54) is 40.1 Å². The summed E-state index contributed by atoms with van der Waals surface area (Å²) in [5.74, 6) is -1.26. The maximum absolute atomic E-state index is 12.7. The Labute approximate surface area is 146 Å². The van der Waals surface area contributed by atoms with Gasteiger partial charge in [0.25, 0.3) is 5.91 Å². The van der Waals surface area contributed by atoms with Crippen molar-refractivity contribution in [2.75, 3.05) is 4.90 Å². The topological polar surface area (TPSA) is 57.6 Å². The largest absolute Gasteiger partial charge is 0.478 e. The normalized spacial score (nSPS) is 16.4. The van der Waals surface area contributed by atoms with Gasteiger partial charge in [-0.2, -0.15) is 0 Å². The molecule has 2 aromatic rings. The fourth-order valence-electron chi connectivity index (χ4n) is 2.16. The van der Waals surface area contributed by atoms with Crippen LogP contribution in [0.5, 0.6) is 0 Å². The SMILES string of the molecule is Cc1ccc(C(=O)O)cc1N1C(=O)/C(=C\c2cccs2)SC1=S. The predicted molar refractivity (Wildman–Crippen MR) is 98.1 cm³/mol. The van der Waals surface area contributed by atoms with Gasteiger partial charge < -0.3 is 5.11 Å². The molecule has 0 atom stereocenters. The summed E-state index contributed by atoms with van der Waals surface area (Å²) in [5, 5.41) is 11.1. The van der Waals surface area contributed by atoms with Crippen LogP contribution in [0.15, 0.2) is 40.6 Å². The number of hydrogen-bond acceptors (Lipinski definition) is 5. The van der Waals surface area contributed by atoms with Gasteiger partial charge in [0.05, 0.1) is 16.2 Å². The summed E-state index contributed by atoms with van der Waals surface area (Å²) in [6, 6.07) is 8.52. The fraction of sp³-hybridized carbons (Fsp3) is 0.0625. The van der Waals surface area contributed by atoms with Gasteiger partial charge in [-0.25, -0.2) is 4.79 Å². The van der Waals surface area contributed by atoms with Gasteiger partial charge in [0.1, 0.15) is 0 Å². The van der Waals surface area contributed by atoms with Gasteiger partial charge >= 0.3 is 5.97 Å². The van der Waals surface area contributed by atoms with Crippen molar-refractivity contribution in [1.29, 1.82) is 0 Å². The van der Waals surface area contributed by atoms with Crippen LogP contribution in [0.1, 0.15) is 20.8 Å². The first kappa shape index (κ1) is 15.9. The number of carboxylic acid groups (broad SMARTS) is 1. The monoisotopic (exact) mass is 361 g/mol. The third kappa shape index (κ3) is 3.08. The van der Waals surface area contributed by atoms with Crippen molar-refractivity contribution >= 4 is 63.3 Å². The van der Waals surface area contributed by atoms with Crippen LogP contribution in [0.3, 0.4) is 0 Å². The first-order valence-electron chi connectivity index (χ1n) is 6.63. The van der Waals surface area contributed by atoms with Crippen LogP contribution in [0.25, 0.3) is 6.08 Å². The van der Waals surface area contributed by atoms with Gasteiger partial charge in [-0.15, -0.1) is 11.3 Å². The summed E-state index contributed by atoms with van der Waals surface area (Å²) in [6.07, 6.45) is 1.81. The highest BCUT2D eigenvalue weighted by molar-refractivity contribution is 8.27. The van der Waals surface area contributed by atoms with E-state index >= 15 is 0 Å². The summed E-state index contributed by atoms with van der Waals surface area (Å²) in [5.41, 5.74) is 1.44. The van der Waals surface area contributed by atoms with Crippen LogP contribution in [0, 0.1) is 6.92 Å². The Morgan fingerprint density at radius 2 is 2.13 bits per heavy atom. The molecule has 0 unspecified atom stereocenters. The van der Waals surface area contributed by atoms with Gasteiger partial charge in [-0.3, -0.25) is 9.69 Å². The van der Waals surface area contributed by atoms with E-state index in [4.69, 9.17) is 17.3 Å². The first-order valence-corrected chi connectivity index (χ1v) is 8.73. The molecular formula is C16H11NO3S3. The smallest absolute Gasteiger partial charge is 0.335 e. The molecule has 0 spiro atoms. The number of aryl methyl sites for hydroxylation is 1. The van der Waals surface area contributed by atoms with Crippen molar-refractivity contribution in [3.8, 4) is 0 Å². The summed E-state index contributed by atoms with van der Waals surface area (Å²) in [6.45, 7) is 1.82. The molecule has 1 saturated heterocycles. The van der Waals surface area contributed by atoms with Crippen LogP contribution >= 0.6 is 35.3 Å². The first-order chi connectivity index (χ1) is 11.0. The minimum atomic E-state index is -1.04. The van der Waals surface area contributed by atoms with Crippen molar-refractivity contribution in [3.05, 3.63) is 56.6 Å². The number of amides is 1. The molecular weight excluding hydrogens is 350 g/mol. The highest BCUT2D eigenvalue weighted by atomic mass is 32.2. The molecule has 116 valence electrons. The van der Waals surface area contributed by atoms with Crippen LogP contribution < -0.4 is 4.90 Å². The second-order valence-corrected chi connectivity index (χ2v) is 7.49. The number of carboxylic acids is 1. The average Bonchev–Trinajstić information content (AvgIpc) is 3.09. The number of thioether (sulfide) groups is 1. The van der Waals surface area contributed by atoms with E-state index in [2.05, 4.69) is 0 Å². The van der Waals surface area contributed by atoms with Crippen LogP contribution in [0.2, 0.25) is 0 Å². The molecule has 1 aromatic carbocycles. The van der Waals surface area contributed by atoms with Crippen LogP contribution in [-0.4, -0.2) is 21.3 Å². The number of hydrogen-bond donors (Lipinski definition) is 1. The van der Waals surface area contributed by atoms with Crippen molar-refractivity contribution in [3.63, 3.8) is 0 Å². The lowest BCUT2D eigenvalue weighted by atomic mass is 10.1. The number of thiophene rings is 1. The number of rotatable bonds is 3. The number of aromatic carboxylic acids is 1.